The van der Waals surface area contributed by atoms with Gasteiger partial charge in [-0.25, -0.2) is 4.79 Å². The number of fused-ring (bicyclic) bond motifs is 1. The second kappa shape index (κ2) is 9.67. The van der Waals surface area contributed by atoms with Crippen molar-refractivity contribution in [2.45, 2.75) is 6.18 Å². The number of halogens is 4. The van der Waals surface area contributed by atoms with Gasteiger partial charge in [0.1, 0.15) is 11.3 Å². The highest BCUT2D eigenvalue weighted by molar-refractivity contribution is 6.30. The Hall–Kier alpha value is -4.44. The predicted molar refractivity (Wildman–Crippen MR) is 126 cm³/mol. The first kappa shape index (κ1) is 24.7. The molecule has 0 unspecified atom stereocenters. The molecule has 182 valence electrons. The van der Waals surface area contributed by atoms with E-state index >= 15 is 0 Å². The number of non-ortho nitro benzene ring substituents is 1. The minimum absolute atomic E-state index is 0.0239. The number of carbonyl (C=O) groups excluding carboxylic acids is 1. The summed E-state index contributed by atoms with van der Waals surface area (Å²) in [5.41, 5.74) is -1.86. The van der Waals surface area contributed by atoms with E-state index in [0.29, 0.717) is 5.56 Å². The summed E-state index contributed by atoms with van der Waals surface area (Å²) in [6.07, 6.45) is -2.73. The number of carbonyl (C=O) groups is 1. The number of benzene rings is 3. The van der Waals surface area contributed by atoms with Crippen molar-refractivity contribution >= 4 is 40.3 Å². The molecule has 0 atom stereocenters. The van der Waals surface area contributed by atoms with Crippen molar-refractivity contribution in [3.8, 4) is 16.9 Å². The molecule has 7 nitrogen and oxygen atoms in total. The van der Waals surface area contributed by atoms with E-state index in [9.17, 15) is 32.9 Å². The third-order valence-corrected chi connectivity index (χ3v) is 5.22. The van der Waals surface area contributed by atoms with Gasteiger partial charge in [-0.2, -0.15) is 13.2 Å². The molecule has 0 spiro atoms. The minimum atomic E-state index is -4.99. The summed E-state index contributed by atoms with van der Waals surface area (Å²) in [4.78, 5) is 35.4. The summed E-state index contributed by atoms with van der Waals surface area (Å²) in [5, 5.41) is 11.0. The number of nitrogens with zero attached hydrogens (tertiary/aromatic N) is 1. The Balaban J connectivity index is 1.68. The molecule has 0 radical (unpaired) electrons. The smallest absolute Gasteiger partial charge is 0.450 e. The van der Waals surface area contributed by atoms with E-state index in [-0.39, 0.29) is 27.4 Å². The van der Waals surface area contributed by atoms with Gasteiger partial charge in [0.25, 0.3) is 5.69 Å². The van der Waals surface area contributed by atoms with Gasteiger partial charge in [0.2, 0.25) is 11.2 Å². The Morgan fingerprint density at radius 2 is 1.78 bits per heavy atom. The molecule has 11 heteroatoms. The zero-order chi connectivity index (χ0) is 26.0. The quantitative estimate of drug-likeness (QED) is 0.0968. The second-order valence-corrected chi connectivity index (χ2v) is 7.84. The van der Waals surface area contributed by atoms with Gasteiger partial charge in [-0.3, -0.25) is 14.9 Å². The van der Waals surface area contributed by atoms with Crippen molar-refractivity contribution in [1.29, 1.82) is 0 Å². The lowest BCUT2D eigenvalue weighted by Gasteiger charge is -2.13. The Morgan fingerprint density at radius 1 is 1.06 bits per heavy atom. The highest BCUT2D eigenvalue weighted by Crippen LogP contribution is 2.38. The molecule has 0 aliphatic heterocycles. The van der Waals surface area contributed by atoms with Gasteiger partial charge in [-0.05, 0) is 41.5 Å². The van der Waals surface area contributed by atoms with Crippen molar-refractivity contribution in [3.05, 3.63) is 109 Å². The molecule has 4 aromatic rings. The lowest BCUT2D eigenvalue weighted by molar-refractivity contribution is -0.384. The maximum atomic E-state index is 13.8. The highest BCUT2D eigenvalue weighted by Gasteiger charge is 2.39. The van der Waals surface area contributed by atoms with Gasteiger partial charge in [0.05, 0.1) is 15.9 Å². The van der Waals surface area contributed by atoms with Gasteiger partial charge in [-0.15, -0.1) is 0 Å². The normalized spacial score (nSPS) is 11.7. The fourth-order valence-corrected chi connectivity index (χ4v) is 3.50. The van der Waals surface area contributed by atoms with Crippen LogP contribution in [0.25, 0.3) is 28.2 Å². The fraction of sp³-hybridized carbons (Fsp3) is 0.0400. The Morgan fingerprint density at radius 3 is 2.44 bits per heavy atom. The molecule has 4 rings (SSSR count). The molecule has 3 aromatic carbocycles. The summed E-state index contributed by atoms with van der Waals surface area (Å²) in [6.45, 7) is 0. The molecule has 0 amide bonds. The Bertz CT molecular complexity index is 1580. The van der Waals surface area contributed by atoms with Crippen LogP contribution in [-0.2, 0) is 11.0 Å². The number of esters is 1. The van der Waals surface area contributed by atoms with Crippen LogP contribution in [0.4, 0.5) is 18.9 Å². The summed E-state index contributed by atoms with van der Waals surface area (Å²) in [7, 11) is 0. The second-order valence-electron chi connectivity index (χ2n) is 7.40. The van der Waals surface area contributed by atoms with Crippen LogP contribution < -0.4 is 10.2 Å². The van der Waals surface area contributed by atoms with Crippen LogP contribution in [0, 0.1) is 10.1 Å². The monoisotopic (exact) mass is 515 g/mol. The lowest BCUT2D eigenvalue weighted by atomic mass is 10.0. The van der Waals surface area contributed by atoms with Crippen LogP contribution in [0.3, 0.4) is 0 Å². The average molecular weight is 516 g/mol. The number of alkyl halides is 3. The number of rotatable bonds is 5. The number of ether oxygens (including phenoxy) is 1. The van der Waals surface area contributed by atoms with Crippen molar-refractivity contribution in [1.82, 2.24) is 0 Å². The molecular formula is C25H13ClF3NO6. The average Bonchev–Trinajstić information content (AvgIpc) is 2.83. The first-order valence-electron chi connectivity index (χ1n) is 10.1. The summed E-state index contributed by atoms with van der Waals surface area (Å²) in [5.74, 6) is -2.58. The van der Waals surface area contributed by atoms with Gasteiger partial charge >= 0.3 is 12.1 Å². The van der Waals surface area contributed by atoms with Gasteiger partial charge < -0.3 is 9.15 Å². The molecule has 1 aromatic heterocycles. The SMILES string of the molecule is O=C(/C=C/c1cccc([N+](=O)[O-])c1)Oc1ccc2c(=O)c(-c3ccc(Cl)cc3)c(C(F)(F)F)oc2c1. The maximum Gasteiger partial charge on any atom is 0.450 e. The van der Waals surface area contributed by atoms with Crippen LogP contribution in [0.2, 0.25) is 5.02 Å². The van der Waals surface area contributed by atoms with E-state index in [0.717, 1.165) is 12.1 Å². The van der Waals surface area contributed by atoms with E-state index in [1.165, 1.54) is 66.7 Å². The van der Waals surface area contributed by atoms with Crippen LogP contribution in [0.15, 0.2) is 82.0 Å². The summed E-state index contributed by atoms with van der Waals surface area (Å²) < 4.78 is 51.5. The van der Waals surface area contributed by atoms with E-state index in [1.807, 2.05) is 0 Å². The highest BCUT2D eigenvalue weighted by atomic mass is 35.5. The van der Waals surface area contributed by atoms with Crippen molar-refractivity contribution < 1.29 is 32.0 Å². The minimum Gasteiger partial charge on any atom is -0.450 e. The Kier molecular flexibility index (Phi) is 6.63. The van der Waals surface area contributed by atoms with Crippen LogP contribution >= 0.6 is 11.6 Å². The first-order valence-corrected chi connectivity index (χ1v) is 10.5. The molecule has 0 fully saturated rings. The number of nitro benzene ring substituents is 1. The molecule has 1 heterocycles. The van der Waals surface area contributed by atoms with Crippen LogP contribution in [0.5, 0.6) is 5.75 Å². The largest absolute Gasteiger partial charge is 0.450 e. The predicted octanol–water partition coefficient (Wildman–Crippen LogP) is 6.66. The maximum absolute atomic E-state index is 13.8. The number of hydrogen-bond donors (Lipinski definition) is 0. The van der Waals surface area contributed by atoms with E-state index in [2.05, 4.69) is 0 Å². The molecule has 0 saturated carbocycles. The Labute approximate surface area is 205 Å². The number of hydrogen-bond acceptors (Lipinski definition) is 6. The van der Waals surface area contributed by atoms with Crippen LogP contribution in [0.1, 0.15) is 11.3 Å². The lowest BCUT2D eigenvalue weighted by Crippen LogP contribution is -2.16. The fourth-order valence-electron chi connectivity index (χ4n) is 3.37. The van der Waals surface area contributed by atoms with Crippen molar-refractivity contribution in [2.24, 2.45) is 0 Å². The molecule has 0 aliphatic carbocycles. The topological polar surface area (TPSA) is 99.6 Å². The standard InChI is InChI=1S/C25H13ClF3NO6/c26-16-7-5-15(6-8-16)22-23(32)19-10-9-18(13-20(19)36-24(22)25(27,28)29)35-21(31)11-4-14-2-1-3-17(12-14)30(33)34/h1-13H/b11-4+. The zero-order valence-electron chi connectivity index (χ0n) is 17.9. The summed E-state index contributed by atoms with van der Waals surface area (Å²) in [6, 6.07) is 14.2. The van der Waals surface area contributed by atoms with Gasteiger partial charge in [0.15, 0.2) is 0 Å². The third kappa shape index (κ3) is 5.28. The molecular weight excluding hydrogens is 503 g/mol. The third-order valence-electron chi connectivity index (χ3n) is 4.97. The molecule has 0 saturated heterocycles. The molecule has 0 aliphatic rings. The van der Waals surface area contributed by atoms with Crippen molar-refractivity contribution in [3.63, 3.8) is 0 Å². The molecule has 36 heavy (non-hydrogen) atoms. The van der Waals surface area contributed by atoms with Gasteiger partial charge in [-0.1, -0.05) is 35.9 Å². The first-order chi connectivity index (χ1) is 17.0. The van der Waals surface area contributed by atoms with Crippen molar-refractivity contribution in [2.75, 3.05) is 0 Å². The van der Waals surface area contributed by atoms with Gasteiger partial charge in [0, 0.05) is 29.3 Å². The number of nitro groups is 1. The van der Waals surface area contributed by atoms with Crippen LogP contribution in [-0.4, -0.2) is 10.9 Å². The summed E-state index contributed by atoms with van der Waals surface area (Å²) >= 11 is 5.80. The molecule has 0 bridgehead atoms. The van der Waals surface area contributed by atoms with E-state index in [4.69, 9.17) is 20.8 Å². The van der Waals surface area contributed by atoms with E-state index < -0.39 is 39.4 Å². The zero-order valence-corrected chi connectivity index (χ0v) is 18.7. The van der Waals surface area contributed by atoms with E-state index in [1.54, 1.807) is 0 Å². The molecule has 0 N–H and O–H groups in total.